The maximum Gasteiger partial charge on any atom is 0.180 e. The molecule has 0 aliphatic heterocycles. The SMILES string of the molecule is Br.CCCCc1nc(N)sc1Cc1ccccc1. The molecule has 0 unspecified atom stereocenters. The predicted octanol–water partition coefficient (Wildman–Crippen LogP) is 4.24. The molecule has 0 amide bonds. The molecule has 0 bridgehead atoms. The van der Waals surface area contributed by atoms with Crippen LogP contribution in [0.15, 0.2) is 30.3 Å². The number of hydrogen-bond acceptors (Lipinski definition) is 3. The molecule has 0 fully saturated rings. The molecular formula is C14H19BrN2S. The Hall–Kier alpha value is -0.870. The highest BCUT2D eigenvalue weighted by molar-refractivity contribution is 8.93. The summed E-state index contributed by atoms with van der Waals surface area (Å²) in [5.41, 5.74) is 8.33. The summed E-state index contributed by atoms with van der Waals surface area (Å²) in [7, 11) is 0. The summed E-state index contributed by atoms with van der Waals surface area (Å²) in [5, 5.41) is 0.696. The first kappa shape index (κ1) is 15.2. The number of benzene rings is 1. The lowest BCUT2D eigenvalue weighted by molar-refractivity contribution is 0.775. The van der Waals surface area contributed by atoms with Crippen LogP contribution in [0.2, 0.25) is 0 Å². The quantitative estimate of drug-likeness (QED) is 0.892. The van der Waals surface area contributed by atoms with Gasteiger partial charge in [0.1, 0.15) is 0 Å². The second-order valence-corrected chi connectivity index (χ2v) is 5.30. The van der Waals surface area contributed by atoms with Gasteiger partial charge in [0, 0.05) is 11.3 Å². The Kier molecular flexibility index (Phi) is 6.36. The molecule has 0 radical (unpaired) electrons. The fourth-order valence-corrected chi connectivity index (χ4v) is 2.77. The van der Waals surface area contributed by atoms with Crippen LogP contribution in [0.4, 0.5) is 5.13 Å². The average molecular weight is 327 g/mol. The lowest BCUT2D eigenvalue weighted by atomic mass is 10.1. The number of rotatable bonds is 5. The van der Waals surface area contributed by atoms with Crippen LogP contribution in [0.25, 0.3) is 0 Å². The molecule has 0 saturated carbocycles. The van der Waals surface area contributed by atoms with E-state index in [9.17, 15) is 0 Å². The van der Waals surface area contributed by atoms with E-state index >= 15 is 0 Å². The maximum absolute atomic E-state index is 5.81. The number of anilines is 1. The smallest absolute Gasteiger partial charge is 0.180 e. The zero-order valence-corrected chi connectivity index (χ0v) is 13.1. The highest BCUT2D eigenvalue weighted by Crippen LogP contribution is 2.24. The van der Waals surface area contributed by atoms with E-state index in [0.29, 0.717) is 5.13 Å². The summed E-state index contributed by atoms with van der Waals surface area (Å²) in [6.45, 7) is 2.20. The van der Waals surface area contributed by atoms with Crippen molar-refractivity contribution in [2.24, 2.45) is 0 Å². The van der Waals surface area contributed by atoms with Crippen LogP contribution in [0.1, 0.15) is 35.9 Å². The van der Waals surface area contributed by atoms with Crippen LogP contribution in [-0.4, -0.2) is 4.98 Å². The minimum absolute atomic E-state index is 0. The number of thiazole rings is 1. The van der Waals surface area contributed by atoms with Gasteiger partial charge in [-0.3, -0.25) is 0 Å². The zero-order chi connectivity index (χ0) is 12.1. The van der Waals surface area contributed by atoms with Gasteiger partial charge >= 0.3 is 0 Å². The summed E-state index contributed by atoms with van der Waals surface area (Å²) in [5.74, 6) is 0. The van der Waals surface area contributed by atoms with E-state index in [1.165, 1.54) is 29.0 Å². The van der Waals surface area contributed by atoms with E-state index in [-0.39, 0.29) is 17.0 Å². The molecule has 1 heterocycles. The first-order chi connectivity index (χ1) is 8.29. The number of nitrogens with zero attached hydrogens (tertiary/aromatic N) is 1. The van der Waals surface area contributed by atoms with E-state index < -0.39 is 0 Å². The Labute approximate surface area is 123 Å². The second kappa shape index (κ2) is 7.54. The number of halogens is 1. The van der Waals surface area contributed by atoms with Gasteiger partial charge in [-0.2, -0.15) is 0 Å². The lowest BCUT2D eigenvalue weighted by Gasteiger charge is -2.01. The van der Waals surface area contributed by atoms with E-state index in [1.807, 2.05) is 6.07 Å². The van der Waals surface area contributed by atoms with Crippen molar-refractivity contribution in [2.75, 3.05) is 5.73 Å². The molecule has 98 valence electrons. The van der Waals surface area contributed by atoms with Crippen molar-refractivity contribution in [1.82, 2.24) is 4.98 Å². The number of hydrogen-bond donors (Lipinski definition) is 1. The van der Waals surface area contributed by atoms with Crippen LogP contribution in [0, 0.1) is 0 Å². The molecule has 2 rings (SSSR count). The number of unbranched alkanes of at least 4 members (excludes halogenated alkanes) is 1. The number of aromatic nitrogens is 1. The minimum Gasteiger partial charge on any atom is -0.375 e. The van der Waals surface area contributed by atoms with Crippen LogP contribution >= 0.6 is 28.3 Å². The Morgan fingerprint density at radius 2 is 1.94 bits per heavy atom. The second-order valence-electron chi connectivity index (χ2n) is 4.19. The van der Waals surface area contributed by atoms with Crippen molar-refractivity contribution >= 4 is 33.4 Å². The summed E-state index contributed by atoms with van der Waals surface area (Å²) in [4.78, 5) is 5.76. The predicted molar refractivity (Wildman–Crippen MR) is 84.7 cm³/mol. The molecule has 2 aromatic rings. The maximum atomic E-state index is 5.81. The molecule has 0 saturated heterocycles. The van der Waals surface area contributed by atoms with Crippen LogP contribution in [-0.2, 0) is 12.8 Å². The molecule has 1 aromatic heterocycles. The molecule has 0 aliphatic rings. The zero-order valence-electron chi connectivity index (χ0n) is 10.6. The van der Waals surface area contributed by atoms with Gasteiger partial charge in [-0.15, -0.1) is 28.3 Å². The van der Waals surface area contributed by atoms with E-state index in [1.54, 1.807) is 11.3 Å². The van der Waals surface area contributed by atoms with Crippen molar-refractivity contribution in [2.45, 2.75) is 32.6 Å². The van der Waals surface area contributed by atoms with Crippen molar-refractivity contribution in [3.8, 4) is 0 Å². The van der Waals surface area contributed by atoms with Crippen molar-refractivity contribution in [1.29, 1.82) is 0 Å². The summed E-state index contributed by atoms with van der Waals surface area (Å²) in [6, 6.07) is 10.5. The molecule has 0 atom stereocenters. The number of nitrogen functional groups attached to an aromatic ring is 1. The average Bonchev–Trinajstić information content (AvgIpc) is 2.68. The third-order valence-electron chi connectivity index (χ3n) is 2.77. The Balaban J connectivity index is 0.00000162. The minimum atomic E-state index is 0. The van der Waals surface area contributed by atoms with Gasteiger partial charge in [0.15, 0.2) is 5.13 Å². The van der Waals surface area contributed by atoms with Gasteiger partial charge in [0.2, 0.25) is 0 Å². The first-order valence-electron chi connectivity index (χ1n) is 6.07. The Morgan fingerprint density at radius 1 is 1.22 bits per heavy atom. The topological polar surface area (TPSA) is 38.9 Å². The van der Waals surface area contributed by atoms with Gasteiger partial charge in [0.05, 0.1) is 5.69 Å². The van der Waals surface area contributed by atoms with Crippen LogP contribution < -0.4 is 5.73 Å². The van der Waals surface area contributed by atoms with Crippen molar-refractivity contribution in [3.05, 3.63) is 46.5 Å². The molecule has 2 N–H and O–H groups in total. The van der Waals surface area contributed by atoms with Gasteiger partial charge < -0.3 is 5.73 Å². The molecule has 0 spiro atoms. The van der Waals surface area contributed by atoms with Crippen molar-refractivity contribution < 1.29 is 0 Å². The largest absolute Gasteiger partial charge is 0.375 e. The molecular weight excluding hydrogens is 308 g/mol. The van der Waals surface area contributed by atoms with E-state index in [4.69, 9.17) is 5.73 Å². The highest BCUT2D eigenvalue weighted by atomic mass is 79.9. The standard InChI is InChI=1S/C14H18N2S.BrH/c1-2-3-9-12-13(17-14(15)16-12)10-11-7-5-4-6-8-11;/h4-8H,2-3,9-10H2,1H3,(H2,15,16);1H. The highest BCUT2D eigenvalue weighted by Gasteiger charge is 2.09. The monoisotopic (exact) mass is 326 g/mol. The van der Waals surface area contributed by atoms with E-state index in [2.05, 4.69) is 36.2 Å². The molecule has 4 heteroatoms. The van der Waals surface area contributed by atoms with Crippen LogP contribution in [0.5, 0.6) is 0 Å². The summed E-state index contributed by atoms with van der Waals surface area (Å²) >= 11 is 1.63. The van der Waals surface area contributed by atoms with Gasteiger partial charge in [-0.1, -0.05) is 43.7 Å². The van der Waals surface area contributed by atoms with Gasteiger partial charge in [-0.05, 0) is 18.4 Å². The van der Waals surface area contributed by atoms with Gasteiger partial charge in [-0.25, -0.2) is 4.98 Å². The Bertz CT molecular complexity index is 468. The normalized spacial score (nSPS) is 10.1. The fourth-order valence-electron chi connectivity index (χ4n) is 1.86. The third-order valence-corrected chi connectivity index (χ3v) is 3.70. The van der Waals surface area contributed by atoms with Crippen LogP contribution in [0.3, 0.4) is 0 Å². The molecule has 18 heavy (non-hydrogen) atoms. The van der Waals surface area contributed by atoms with E-state index in [0.717, 1.165) is 12.8 Å². The Morgan fingerprint density at radius 3 is 2.61 bits per heavy atom. The molecule has 1 aromatic carbocycles. The fraction of sp³-hybridized carbons (Fsp3) is 0.357. The molecule has 2 nitrogen and oxygen atoms in total. The van der Waals surface area contributed by atoms with Crippen molar-refractivity contribution in [3.63, 3.8) is 0 Å². The number of aryl methyl sites for hydroxylation is 1. The lowest BCUT2D eigenvalue weighted by Crippen LogP contribution is -1.93. The van der Waals surface area contributed by atoms with Gasteiger partial charge in [0.25, 0.3) is 0 Å². The number of nitrogens with two attached hydrogens (primary N) is 1. The summed E-state index contributed by atoms with van der Waals surface area (Å²) < 4.78 is 0. The first-order valence-corrected chi connectivity index (χ1v) is 6.89. The molecule has 0 aliphatic carbocycles. The summed E-state index contributed by atoms with van der Waals surface area (Å²) in [6.07, 6.45) is 4.38. The third kappa shape index (κ3) is 4.10.